The van der Waals surface area contributed by atoms with Gasteiger partial charge in [0.2, 0.25) is 0 Å². The standard InChI is InChI=1S/C15H22N2O2/c1-10-6-8-11(9-7-10)16-15(18)14-12-4-2-3-5-13(12)19-17-14/h10-11H,2-9H2,1H3,(H,16,18). The number of carbonyl (C=O) groups is 1. The van der Waals surface area contributed by atoms with Gasteiger partial charge in [0.1, 0.15) is 5.76 Å². The zero-order chi connectivity index (χ0) is 13.2. The number of amides is 1. The zero-order valence-electron chi connectivity index (χ0n) is 11.6. The van der Waals surface area contributed by atoms with E-state index in [1.54, 1.807) is 0 Å². The lowest BCUT2D eigenvalue weighted by Crippen LogP contribution is -2.38. The lowest BCUT2D eigenvalue weighted by atomic mass is 9.87. The topological polar surface area (TPSA) is 55.1 Å². The third-order valence-corrected chi connectivity index (χ3v) is 4.52. The van der Waals surface area contributed by atoms with E-state index in [4.69, 9.17) is 4.52 Å². The monoisotopic (exact) mass is 262 g/mol. The van der Waals surface area contributed by atoms with Crippen molar-refractivity contribution in [3.8, 4) is 0 Å². The molecule has 0 spiro atoms. The maximum absolute atomic E-state index is 12.3. The lowest BCUT2D eigenvalue weighted by molar-refractivity contribution is 0.0913. The summed E-state index contributed by atoms with van der Waals surface area (Å²) in [6.07, 6.45) is 8.74. The third kappa shape index (κ3) is 2.67. The largest absolute Gasteiger partial charge is 0.360 e. The molecule has 0 aliphatic heterocycles. The minimum atomic E-state index is -0.0357. The number of rotatable bonds is 2. The van der Waals surface area contributed by atoms with Crippen molar-refractivity contribution in [3.63, 3.8) is 0 Å². The van der Waals surface area contributed by atoms with E-state index in [1.807, 2.05) is 0 Å². The number of carbonyl (C=O) groups excluding carboxylic acids is 1. The zero-order valence-corrected chi connectivity index (χ0v) is 11.6. The van der Waals surface area contributed by atoms with E-state index in [1.165, 1.54) is 12.8 Å². The highest BCUT2D eigenvalue weighted by atomic mass is 16.5. The van der Waals surface area contributed by atoms with Gasteiger partial charge in [-0.1, -0.05) is 12.1 Å². The summed E-state index contributed by atoms with van der Waals surface area (Å²) in [7, 11) is 0. The minimum Gasteiger partial charge on any atom is -0.360 e. The molecule has 3 rings (SSSR count). The van der Waals surface area contributed by atoms with Crippen LogP contribution in [-0.2, 0) is 12.8 Å². The second-order valence-corrected chi connectivity index (χ2v) is 6.07. The van der Waals surface area contributed by atoms with Gasteiger partial charge in [0.15, 0.2) is 5.69 Å². The number of aromatic nitrogens is 1. The van der Waals surface area contributed by atoms with Crippen LogP contribution in [0.4, 0.5) is 0 Å². The molecule has 1 amide bonds. The molecule has 1 N–H and O–H groups in total. The van der Waals surface area contributed by atoms with E-state index in [2.05, 4.69) is 17.4 Å². The van der Waals surface area contributed by atoms with Crippen LogP contribution in [0.3, 0.4) is 0 Å². The smallest absolute Gasteiger partial charge is 0.273 e. The van der Waals surface area contributed by atoms with Crippen LogP contribution >= 0.6 is 0 Å². The van der Waals surface area contributed by atoms with E-state index in [9.17, 15) is 4.79 Å². The fraction of sp³-hybridized carbons (Fsp3) is 0.733. The summed E-state index contributed by atoms with van der Waals surface area (Å²) in [6.45, 7) is 2.28. The molecule has 1 fully saturated rings. The molecule has 0 unspecified atom stereocenters. The summed E-state index contributed by atoms with van der Waals surface area (Å²) < 4.78 is 5.30. The van der Waals surface area contributed by atoms with Crippen molar-refractivity contribution in [2.45, 2.75) is 64.3 Å². The number of hydrogen-bond acceptors (Lipinski definition) is 3. The Labute approximate surface area is 113 Å². The number of nitrogens with one attached hydrogen (secondary N) is 1. The highest BCUT2D eigenvalue weighted by Crippen LogP contribution is 2.26. The Kier molecular flexibility index (Phi) is 3.58. The molecular weight excluding hydrogens is 240 g/mol. The highest BCUT2D eigenvalue weighted by molar-refractivity contribution is 5.94. The molecule has 1 aromatic heterocycles. The summed E-state index contributed by atoms with van der Waals surface area (Å²) in [5, 5.41) is 7.12. The lowest BCUT2D eigenvalue weighted by Gasteiger charge is -2.26. The first-order chi connectivity index (χ1) is 9.24. The van der Waals surface area contributed by atoms with Crippen LogP contribution in [0.25, 0.3) is 0 Å². The van der Waals surface area contributed by atoms with Crippen LogP contribution in [0, 0.1) is 5.92 Å². The normalized spacial score (nSPS) is 26.8. The van der Waals surface area contributed by atoms with Crippen molar-refractivity contribution in [2.75, 3.05) is 0 Å². The molecule has 0 atom stereocenters. The maximum atomic E-state index is 12.3. The SMILES string of the molecule is CC1CCC(NC(=O)c2noc3c2CCCC3)CC1. The molecule has 0 saturated heterocycles. The molecule has 1 saturated carbocycles. The fourth-order valence-corrected chi connectivity index (χ4v) is 3.22. The van der Waals surface area contributed by atoms with Crippen molar-refractivity contribution < 1.29 is 9.32 Å². The first kappa shape index (κ1) is 12.7. The summed E-state index contributed by atoms with van der Waals surface area (Å²) >= 11 is 0. The summed E-state index contributed by atoms with van der Waals surface area (Å²) in [5.74, 6) is 1.69. The van der Waals surface area contributed by atoms with Crippen LogP contribution in [-0.4, -0.2) is 17.1 Å². The van der Waals surface area contributed by atoms with E-state index >= 15 is 0 Å². The van der Waals surface area contributed by atoms with Crippen LogP contribution in [0.15, 0.2) is 4.52 Å². The van der Waals surface area contributed by atoms with Gasteiger partial charge in [-0.05, 0) is 50.9 Å². The molecular formula is C15H22N2O2. The third-order valence-electron chi connectivity index (χ3n) is 4.52. The van der Waals surface area contributed by atoms with Gasteiger partial charge < -0.3 is 9.84 Å². The maximum Gasteiger partial charge on any atom is 0.273 e. The van der Waals surface area contributed by atoms with Crippen molar-refractivity contribution >= 4 is 5.91 Å². The molecule has 19 heavy (non-hydrogen) atoms. The van der Waals surface area contributed by atoms with Gasteiger partial charge in [-0.3, -0.25) is 4.79 Å². The Balaban J connectivity index is 1.65. The molecule has 2 aliphatic rings. The van der Waals surface area contributed by atoms with Crippen LogP contribution in [0.1, 0.15) is 67.3 Å². The number of fused-ring (bicyclic) bond motifs is 1. The number of aryl methyl sites for hydroxylation is 1. The molecule has 0 radical (unpaired) electrons. The predicted molar refractivity (Wildman–Crippen MR) is 72.0 cm³/mol. The summed E-state index contributed by atoms with van der Waals surface area (Å²) in [6, 6.07) is 0.319. The van der Waals surface area contributed by atoms with Gasteiger partial charge in [0.25, 0.3) is 5.91 Å². The molecule has 2 aliphatic carbocycles. The van der Waals surface area contributed by atoms with Gasteiger partial charge in [0, 0.05) is 18.0 Å². The van der Waals surface area contributed by atoms with Crippen LogP contribution in [0.5, 0.6) is 0 Å². The van der Waals surface area contributed by atoms with Gasteiger partial charge in [0.05, 0.1) is 0 Å². The van der Waals surface area contributed by atoms with Crippen molar-refractivity contribution in [3.05, 3.63) is 17.0 Å². The summed E-state index contributed by atoms with van der Waals surface area (Å²) in [4.78, 5) is 12.3. The van der Waals surface area contributed by atoms with Gasteiger partial charge in [-0.25, -0.2) is 0 Å². The van der Waals surface area contributed by atoms with E-state index in [-0.39, 0.29) is 5.91 Å². The molecule has 1 aromatic rings. The average Bonchev–Trinajstić information content (AvgIpc) is 2.85. The predicted octanol–water partition coefficient (Wildman–Crippen LogP) is 2.86. The number of nitrogens with zero attached hydrogens (tertiary/aromatic N) is 1. The average molecular weight is 262 g/mol. The summed E-state index contributed by atoms with van der Waals surface area (Å²) in [5.41, 5.74) is 1.58. The van der Waals surface area contributed by atoms with Crippen molar-refractivity contribution in [1.82, 2.24) is 10.5 Å². The molecule has 4 heteroatoms. The minimum absolute atomic E-state index is 0.0357. The van der Waals surface area contributed by atoms with E-state index in [0.717, 1.165) is 55.8 Å². The molecule has 1 heterocycles. The molecule has 104 valence electrons. The Morgan fingerprint density at radius 1 is 1.21 bits per heavy atom. The Morgan fingerprint density at radius 2 is 1.95 bits per heavy atom. The van der Waals surface area contributed by atoms with E-state index in [0.29, 0.717) is 11.7 Å². The second-order valence-electron chi connectivity index (χ2n) is 6.07. The second kappa shape index (κ2) is 5.35. The van der Waals surface area contributed by atoms with Crippen LogP contribution < -0.4 is 5.32 Å². The van der Waals surface area contributed by atoms with Gasteiger partial charge >= 0.3 is 0 Å². The van der Waals surface area contributed by atoms with E-state index < -0.39 is 0 Å². The Morgan fingerprint density at radius 3 is 2.74 bits per heavy atom. The Bertz CT molecular complexity index is 459. The van der Waals surface area contributed by atoms with Gasteiger partial charge in [-0.15, -0.1) is 0 Å². The first-order valence-corrected chi connectivity index (χ1v) is 7.52. The molecule has 4 nitrogen and oxygen atoms in total. The Hall–Kier alpha value is -1.32. The van der Waals surface area contributed by atoms with Gasteiger partial charge in [-0.2, -0.15) is 0 Å². The highest BCUT2D eigenvalue weighted by Gasteiger charge is 2.26. The van der Waals surface area contributed by atoms with Crippen molar-refractivity contribution in [1.29, 1.82) is 0 Å². The van der Waals surface area contributed by atoms with Crippen LogP contribution in [0.2, 0.25) is 0 Å². The quantitative estimate of drug-likeness (QED) is 0.891. The molecule has 0 bridgehead atoms. The molecule has 0 aromatic carbocycles. The number of hydrogen-bond donors (Lipinski definition) is 1. The first-order valence-electron chi connectivity index (χ1n) is 7.52. The fourth-order valence-electron chi connectivity index (χ4n) is 3.22. The van der Waals surface area contributed by atoms with Crippen molar-refractivity contribution in [2.24, 2.45) is 5.92 Å².